The van der Waals surface area contributed by atoms with Gasteiger partial charge in [0.05, 0.1) is 18.4 Å². The van der Waals surface area contributed by atoms with Gasteiger partial charge in [0.15, 0.2) is 11.0 Å². The van der Waals surface area contributed by atoms with Crippen LogP contribution in [0.4, 0.5) is 4.79 Å². The molecular formula is C24H29N5O3S. The van der Waals surface area contributed by atoms with E-state index in [0.29, 0.717) is 23.3 Å². The van der Waals surface area contributed by atoms with Crippen molar-refractivity contribution < 1.29 is 14.3 Å². The first-order chi connectivity index (χ1) is 15.8. The fraction of sp³-hybridized carbons (Fsp3) is 0.333. The number of hydrogen-bond acceptors (Lipinski definition) is 6. The van der Waals surface area contributed by atoms with Crippen LogP contribution in [0.25, 0.3) is 11.4 Å². The number of methoxy groups -OCH3 is 1. The third kappa shape index (κ3) is 7.08. The van der Waals surface area contributed by atoms with E-state index in [1.54, 1.807) is 7.11 Å². The minimum Gasteiger partial charge on any atom is -0.496 e. The van der Waals surface area contributed by atoms with Gasteiger partial charge in [-0.1, -0.05) is 54.2 Å². The van der Waals surface area contributed by atoms with Crippen molar-refractivity contribution >= 4 is 23.7 Å². The Morgan fingerprint density at radius 1 is 1.03 bits per heavy atom. The van der Waals surface area contributed by atoms with Crippen LogP contribution in [0.1, 0.15) is 26.3 Å². The van der Waals surface area contributed by atoms with Gasteiger partial charge in [0.2, 0.25) is 5.91 Å². The van der Waals surface area contributed by atoms with Crippen LogP contribution in [0.5, 0.6) is 5.75 Å². The van der Waals surface area contributed by atoms with E-state index in [-0.39, 0.29) is 5.75 Å². The van der Waals surface area contributed by atoms with Crippen molar-refractivity contribution in [2.75, 3.05) is 12.9 Å². The summed E-state index contributed by atoms with van der Waals surface area (Å²) < 4.78 is 7.50. The summed E-state index contributed by atoms with van der Waals surface area (Å²) in [6.07, 6.45) is 0.773. The quantitative estimate of drug-likeness (QED) is 0.488. The number of ether oxygens (including phenoxy) is 1. The van der Waals surface area contributed by atoms with Gasteiger partial charge < -0.3 is 14.6 Å². The number of carbonyl (C=O) groups is 2. The van der Waals surface area contributed by atoms with E-state index in [4.69, 9.17) is 4.74 Å². The standard InChI is InChI=1S/C24H29N5O3S/c1-24(2,3)26-22(31)25-20(30)16-33-23-28-27-21(18-12-8-9-13-19(18)32-4)29(23)15-14-17-10-6-5-7-11-17/h5-13H,14-16H2,1-4H3,(H2,25,26,30,31). The molecule has 0 aliphatic heterocycles. The molecule has 0 aliphatic rings. The van der Waals surface area contributed by atoms with E-state index in [1.807, 2.05) is 67.8 Å². The lowest BCUT2D eigenvalue weighted by Gasteiger charge is -2.20. The van der Waals surface area contributed by atoms with E-state index in [1.165, 1.54) is 17.3 Å². The van der Waals surface area contributed by atoms with Crippen molar-refractivity contribution in [2.45, 2.75) is 44.4 Å². The monoisotopic (exact) mass is 467 g/mol. The zero-order valence-corrected chi connectivity index (χ0v) is 20.1. The number of amides is 3. The summed E-state index contributed by atoms with van der Waals surface area (Å²) >= 11 is 1.24. The summed E-state index contributed by atoms with van der Waals surface area (Å²) in [4.78, 5) is 24.3. The minimum absolute atomic E-state index is 0.0347. The summed E-state index contributed by atoms with van der Waals surface area (Å²) in [7, 11) is 1.62. The van der Waals surface area contributed by atoms with Crippen molar-refractivity contribution in [1.82, 2.24) is 25.4 Å². The fourth-order valence-electron chi connectivity index (χ4n) is 3.18. The van der Waals surface area contributed by atoms with E-state index < -0.39 is 17.5 Å². The van der Waals surface area contributed by atoms with Gasteiger partial charge >= 0.3 is 6.03 Å². The maximum Gasteiger partial charge on any atom is 0.321 e. The Bertz CT molecular complexity index is 1090. The van der Waals surface area contributed by atoms with E-state index in [0.717, 1.165) is 12.0 Å². The van der Waals surface area contributed by atoms with Crippen molar-refractivity contribution in [3.05, 3.63) is 60.2 Å². The lowest BCUT2D eigenvalue weighted by molar-refractivity contribution is -0.117. The molecule has 174 valence electrons. The summed E-state index contributed by atoms with van der Waals surface area (Å²) in [5.74, 6) is 0.987. The molecule has 2 aromatic carbocycles. The number of aromatic nitrogens is 3. The van der Waals surface area contributed by atoms with Crippen LogP contribution in [0, 0.1) is 0 Å². The molecule has 0 atom stereocenters. The molecule has 3 rings (SSSR count). The van der Waals surface area contributed by atoms with Gasteiger partial charge in [-0.25, -0.2) is 4.79 Å². The van der Waals surface area contributed by atoms with Crippen LogP contribution >= 0.6 is 11.8 Å². The van der Waals surface area contributed by atoms with Gasteiger partial charge in [-0.15, -0.1) is 10.2 Å². The Morgan fingerprint density at radius 2 is 1.73 bits per heavy atom. The third-order valence-corrected chi connectivity index (χ3v) is 5.57. The van der Waals surface area contributed by atoms with Crippen molar-refractivity contribution in [2.24, 2.45) is 0 Å². The number of para-hydroxylation sites is 1. The first kappa shape index (κ1) is 24.3. The largest absolute Gasteiger partial charge is 0.496 e. The van der Waals surface area contributed by atoms with Crippen LogP contribution in [-0.4, -0.2) is 45.1 Å². The van der Waals surface area contributed by atoms with Crippen LogP contribution < -0.4 is 15.4 Å². The number of aryl methyl sites for hydroxylation is 1. The normalized spacial score (nSPS) is 11.2. The Labute approximate surface area is 198 Å². The van der Waals surface area contributed by atoms with Crippen molar-refractivity contribution in [3.8, 4) is 17.1 Å². The lowest BCUT2D eigenvalue weighted by atomic mass is 10.1. The molecule has 2 N–H and O–H groups in total. The fourth-order valence-corrected chi connectivity index (χ4v) is 3.94. The Hall–Kier alpha value is -3.33. The maximum atomic E-state index is 12.3. The number of benzene rings is 2. The Balaban J connectivity index is 1.78. The van der Waals surface area contributed by atoms with Crippen molar-refractivity contribution in [3.63, 3.8) is 0 Å². The molecule has 1 aromatic heterocycles. The SMILES string of the molecule is COc1ccccc1-c1nnc(SCC(=O)NC(=O)NC(C)(C)C)n1CCc1ccccc1. The minimum atomic E-state index is -0.520. The van der Waals surface area contributed by atoms with Gasteiger partial charge in [-0.2, -0.15) is 0 Å². The van der Waals surface area contributed by atoms with Gasteiger partial charge in [-0.05, 0) is 44.9 Å². The second kappa shape index (κ2) is 11.0. The zero-order valence-electron chi connectivity index (χ0n) is 19.3. The van der Waals surface area contributed by atoms with Crippen LogP contribution in [0.15, 0.2) is 59.8 Å². The molecule has 0 bridgehead atoms. The number of nitrogens with one attached hydrogen (secondary N) is 2. The topological polar surface area (TPSA) is 98.1 Å². The van der Waals surface area contributed by atoms with Gasteiger partial charge in [0, 0.05) is 12.1 Å². The second-order valence-corrected chi connectivity index (χ2v) is 9.38. The maximum absolute atomic E-state index is 12.3. The van der Waals surface area contributed by atoms with E-state index in [2.05, 4.69) is 33.0 Å². The molecule has 3 amide bonds. The number of thioether (sulfide) groups is 1. The Kier molecular flexibility index (Phi) is 8.11. The average molecular weight is 468 g/mol. The van der Waals surface area contributed by atoms with Crippen molar-refractivity contribution in [1.29, 1.82) is 0 Å². The first-order valence-electron chi connectivity index (χ1n) is 10.6. The molecule has 8 nitrogen and oxygen atoms in total. The summed E-state index contributed by atoms with van der Waals surface area (Å²) in [5, 5.41) is 14.4. The highest BCUT2D eigenvalue weighted by atomic mass is 32.2. The highest BCUT2D eigenvalue weighted by Gasteiger charge is 2.20. The number of urea groups is 1. The van der Waals surface area contributed by atoms with Crippen LogP contribution in [-0.2, 0) is 17.8 Å². The molecule has 9 heteroatoms. The predicted octanol–water partition coefficient (Wildman–Crippen LogP) is 3.91. The zero-order chi connectivity index (χ0) is 23.8. The first-order valence-corrected chi connectivity index (χ1v) is 11.6. The van der Waals surface area contributed by atoms with Gasteiger partial charge in [0.1, 0.15) is 5.75 Å². The predicted molar refractivity (Wildman–Crippen MR) is 129 cm³/mol. The van der Waals surface area contributed by atoms with Gasteiger partial charge in [0.25, 0.3) is 0 Å². The molecule has 33 heavy (non-hydrogen) atoms. The molecule has 0 fully saturated rings. The molecule has 0 spiro atoms. The van der Waals surface area contributed by atoms with Gasteiger partial charge in [-0.3, -0.25) is 10.1 Å². The number of hydrogen-bond donors (Lipinski definition) is 2. The summed E-state index contributed by atoms with van der Waals surface area (Å²) in [6.45, 7) is 6.17. The summed E-state index contributed by atoms with van der Waals surface area (Å²) in [5.41, 5.74) is 1.57. The average Bonchev–Trinajstić information content (AvgIpc) is 3.18. The highest BCUT2D eigenvalue weighted by Crippen LogP contribution is 2.31. The molecule has 3 aromatic rings. The number of rotatable bonds is 8. The molecule has 1 heterocycles. The van der Waals surface area contributed by atoms with E-state index >= 15 is 0 Å². The third-order valence-electron chi connectivity index (χ3n) is 4.61. The smallest absolute Gasteiger partial charge is 0.321 e. The van der Waals surface area contributed by atoms with E-state index in [9.17, 15) is 9.59 Å². The lowest BCUT2D eigenvalue weighted by Crippen LogP contribution is -2.48. The molecule has 0 aliphatic carbocycles. The van der Waals surface area contributed by atoms with Crippen LogP contribution in [0.2, 0.25) is 0 Å². The number of nitrogens with zero attached hydrogens (tertiary/aromatic N) is 3. The Morgan fingerprint density at radius 3 is 2.42 bits per heavy atom. The molecule has 0 saturated heterocycles. The highest BCUT2D eigenvalue weighted by molar-refractivity contribution is 7.99. The van der Waals surface area contributed by atoms with Crippen LogP contribution in [0.3, 0.4) is 0 Å². The molecule has 0 saturated carbocycles. The molecule has 0 radical (unpaired) electrons. The molecule has 0 unspecified atom stereocenters. The molecular weight excluding hydrogens is 438 g/mol. The number of carbonyl (C=O) groups excluding carboxylic acids is 2. The second-order valence-electron chi connectivity index (χ2n) is 8.43. The summed E-state index contributed by atoms with van der Waals surface area (Å²) in [6, 6.07) is 17.2. The number of imide groups is 1.